The van der Waals surface area contributed by atoms with Crippen LogP contribution < -0.4 is 16.0 Å². The summed E-state index contributed by atoms with van der Waals surface area (Å²) in [7, 11) is 0. The summed E-state index contributed by atoms with van der Waals surface area (Å²) in [6.07, 6.45) is 1.49. The Labute approximate surface area is 250 Å². The lowest BCUT2D eigenvalue weighted by Gasteiger charge is -2.31. The maximum Gasteiger partial charge on any atom is 0.245 e. The normalized spacial score (nSPS) is 24.1. The van der Waals surface area contributed by atoms with Crippen molar-refractivity contribution in [3.05, 3.63) is 41.7 Å². The summed E-state index contributed by atoms with van der Waals surface area (Å²) in [4.78, 5) is 70.0. The van der Waals surface area contributed by atoms with Crippen molar-refractivity contribution in [3.8, 4) is 0 Å². The van der Waals surface area contributed by atoms with Crippen molar-refractivity contribution in [1.82, 2.24) is 46.0 Å². The highest BCUT2D eigenvalue weighted by Crippen LogP contribution is 2.20. The molecule has 2 aliphatic heterocycles. The van der Waals surface area contributed by atoms with E-state index >= 15 is 0 Å². The lowest BCUT2D eigenvalue weighted by molar-refractivity contribution is -0.142. The Hall–Kier alpha value is -4.36. The van der Waals surface area contributed by atoms with Crippen LogP contribution in [0.25, 0.3) is 0 Å². The number of amides is 5. The van der Waals surface area contributed by atoms with E-state index in [1.165, 1.54) is 14.5 Å². The zero-order chi connectivity index (χ0) is 31.1. The van der Waals surface area contributed by atoms with Crippen LogP contribution in [-0.2, 0) is 36.9 Å². The Morgan fingerprint density at radius 1 is 1.05 bits per heavy atom. The highest BCUT2D eigenvalue weighted by Gasteiger charge is 2.39. The Kier molecular flexibility index (Phi) is 10.4. The number of aromatic nitrogens is 4. The quantitative estimate of drug-likeness (QED) is 0.404. The number of nitrogens with zero attached hydrogens (tertiary/aromatic N) is 6. The number of benzene rings is 1. The van der Waals surface area contributed by atoms with Gasteiger partial charge in [-0.15, -0.1) is 5.10 Å². The van der Waals surface area contributed by atoms with Crippen molar-refractivity contribution in [2.45, 2.75) is 84.1 Å². The van der Waals surface area contributed by atoms with Gasteiger partial charge >= 0.3 is 0 Å². The van der Waals surface area contributed by atoms with Gasteiger partial charge in [-0.3, -0.25) is 24.0 Å². The molecule has 2 aliphatic rings. The third-order valence-electron chi connectivity index (χ3n) is 7.88. The molecule has 2 saturated heterocycles. The van der Waals surface area contributed by atoms with Crippen LogP contribution in [0.3, 0.4) is 0 Å². The summed E-state index contributed by atoms with van der Waals surface area (Å²) in [5.74, 6) is -1.75. The van der Waals surface area contributed by atoms with Crippen LogP contribution >= 0.6 is 0 Å². The monoisotopic (exact) mass is 595 g/mol. The molecular weight excluding hydrogens is 554 g/mol. The molecule has 14 heteroatoms. The molecule has 4 rings (SSSR count). The second kappa shape index (κ2) is 14.2. The summed E-state index contributed by atoms with van der Waals surface area (Å²) in [5.41, 5.74) is 0.929. The number of tetrazole rings is 1. The van der Waals surface area contributed by atoms with Gasteiger partial charge in [0.1, 0.15) is 23.9 Å². The number of rotatable bonds is 6. The summed E-state index contributed by atoms with van der Waals surface area (Å²) in [6, 6.07) is 6.42. The average molecular weight is 596 g/mol. The Balaban J connectivity index is 1.65. The number of hydrogen-bond donors (Lipinski definition) is 3. The van der Waals surface area contributed by atoms with E-state index in [1.54, 1.807) is 13.8 Å². The predicted molar refractivity (Wildman–Crippen MR) is 155 cm³/mol. The topological polar surface area (TPSA) is 172 Å². The maximum absolute atomic E-state index is 13.7. The van der Waals surface area contributed by atoms with Crippen molar-refractivity contribution < 1.29 is 24.0 Å². The summed E-state index contributed by atoms with van der Waals surface area (Å²) in [5, 5.41) is 20.0. The number of aryl methyl sites for hydroxylation is 2. The van der Waals surface area contributed by atoms with E-state index < -0.39 is 41.9 Å². The van der Waals surface area contributed by atoms with Gasteiger partial charge in [-0.25, -0.2) is 4.68 Å². The minimum absolute atomic E-state index is 0.0137. The molecule has 5 amide bonds. The van der Waals surface area contributed by atoms with E-state index in [4.69, 9.17) is 0 Å². The molecule has 1 aromatic carbocycles. The molecular formula is C29H41N9O5. The zero-order valence-electron chi connectivity index (χ0n) is 25.2. The van der Waals surface area contributed by atoms with Gasteiger partial charge in [0.05, 0.1) is 19.1 Å². The molecule has 43 heavy (non-hydrogen) atoms. The van der Waals surface area contributed by atoms with Gasteiger partial charge < -0.3 is 25.8 Å². The van der Waals surface area contributed by atoms with Gasteiger partial charge in [0.15, 0.2) is 0 Å². The van der Waals surface area contributed by atoms with Gasteiger partial charge in [-0.2, -0.15) is 0 Å². The van der Waals surface area contributed by atoms with Crippen molar-refractivity contribution in [2.24, 2.45) is 5.92 Å². The predicted octanol–water partition coefficient (Wildman–Crippen LogP) is -0.422. The van der Waals surface area contributed by atoms with Gasteiger partial charge in [0.2, 0.25) is 29.5 Å². The number of carbonyl (C=O) groups excluding carboxylic acids is 5. The highest BCUT2D eigenvalue weighted by molar-refractivity contribution is 5.95. The standard InChI is InChI=1S/C29H41N9O5/c1-18(2)26-28(42)31-22(15-21-9-6-5-7-10-21)16-36(25(40)12-14-38-20(4)33-34-35-38)17-24(39)30-19(3)29(43)37-13-8-11-23(37)27(41)32-26/h5-7,9-10,18-19,22-23,26H,8,11-17H2,1-4H3,(H,30,39)(H,31,42)(H,32,41)/t19-,22-,23+,26-/m0/s1. The molecule has 0 aliphatic carbocycles. The van der Waals surface area contributed by atoms with Gasteiger partial charge in [-0.05, 0) is 55.0 Å². The van der Waals surface area contributed by atoms with Crippen molar-refractivity contribution in [2.75, 3.05) is 19.6 Å². The van der Waals surface area contributed by atoms with E-state index in [0.29, 0.717) is 31.6 Å². The van der Waals surface area contributed by atoms with E-state index in [0.717, 1.165) is 5.56 Å². The molecule has 4 atom stereocenters. The van der Waals surface area contributed by atoms with Gasteiger partial charge in [-0.1, -0.05) is 44.2 Å². The SMILES string of the molecule is Cc1nnnn1CCC(=O)N1CC(=O)N[C@@H](C)C(=O)N2CCC[C@@H]2C(=O)N[C@@H](C(C)C)C(=O)N[C@@H](Cc2ccccc2)C1. The summed E-state index contributed by atoms with van der Waals surface area (Å²) in [6.45, 7) is 7.25. The summed E-state index contributed by atoms with van der Waals surface area (Å²) >= 11 is 0. The smallest absolute Gasteiger partial charge is 0.245 e. The molecule has 0 unspecified atom stereocenters. The average Bonchev–Trinajstić information content (AvgIpc) is 3.62. The van der Waals surface area contributed by atoms with E-state index in [1.807, 2.05) is 44.2 Å². The second-order valence-electron chi connectivity index (χ2n) is 11.6. The first-order chi connectivity index (χ1) is 20.5. The fraction of sp³-hybridized carbons (Fsp3) is 0.586. The third kappa shape index (κ3) is 8.14. The fourth-order valence-electron chi connectivity index (χ4n) is 5.55. The Bertz CT molecular complexity index is 1310. The van der Waals surface area contributed by atoms with Crippen LogP contribution in [-0.4, -0.2) is 103 Å². The van der Waals surface area contributed by atoms with Crippen molar-refractivity contribution >= 4 is 29.5 Å². The Morgan fingerprint density at radius 3 is 2.47 bits per heavy atom. The lowest BCUT2D eigenvalue weighted by Crippen LogP contribution is -2.58. The van der Waals surface area contributed by atoms with Crippen molar-refractivity contribution in [3.63, 3.8) is 0 Å². The zero-order valence-corrected chi connectivity index (χ0v) is 25.2. The molecule has 0 bridgehead atoms. The lowest BCUT2D eigenvalue weighted by atomic mass is 10.00. The minimum Gasteiger partial charge on any atom is -0.349 e. The second-order valence-corrected chi connectivity index (χ2v) is 11.6. The molecule has 2 aromatic rings. The molecule has 232 valence electrons. The molecule has 1 aromatic heterocycles. The molecule has 2 fully saturated rings. The first-order valence-corrected chi connectivity index (χ1v) is 14.8. The number of carbonyl (C=O) groups is 5. The van der Waals surface area contributed by atoms with Crippen LogP contribution in [0.5, 0.6) is 0 Å². The first-order valence-electron chi connectivity index (χ1n) is 14.8. The van der Waals surface area contributed by atoms with Crippen LogP contribution in [0.1, 0.15) is 51.4 Å². The van der Waals surface area contributed by atoms with Crippen LogP contribution in [0.15, 0.2) is 30.3 Å². The molecule has 0 saturated carbocycles. The van der Waals surface area contributed by atoms with E-state index in [9.17, 15) is 24.0 Å². The fourth-order valence-corrected chi connectivity index (χ4v) is 5.55. The number of nitrogens with one attached hydrogen (secondary N) is 3. The Morgan fingerprint density at radius 2 is 1.79 bits per heavy atom. The number of fused-ring (bicyclic) bond motifs is 1. The van der Waals surface area contributed by atoms with Crippen LogP contribution in [0.4, 0.5) is 0 Å². The molecule has 3 N–H and O–H groups in total. The van der Waals surface area contributed by atoms with Crippen LogP contribution in [0, 0.1) is 12.8 Å². The maximum atomic E-state index is 13.7. The minimum atomic E-state index is -0.910. The largest absolute Gasteiger partial charge is 0.349 e. The highest BCUT2D eigenvalue weighted by atomic mass is 16.2. The molecule has 0 spiro atoms. The first kappa shape index (κ1) is 31.6. The van der Waals surface area contributed by atoms with Crippen LogP contribution in [0.2, 0.25) is 0 Å². The van der Waals surface area contributed by atoms with Crippen molar-refractivity contribution in [1.29, 1.82) is 0 Å². The van der Waals surface area contributed by atoms with E-state index in [2.05, 4.69) is 31.5 Å². The van der Waals surface area contributed by atoms with Gasteiger partial charge in [0.25, 0.3) is 0 Å². The molecule has 0 radical (unpaired) electrons. The van der Waals surface area contributed by atoms with Gasteiger partial charge in [0, 0.05) is 19.5 Å². The molecule has 14 nitrogen and oxygen atoms in total. The summed E-state index contributed by atoms with van der Waals surface area (Å²) < 4.78 is 1.50. The molecule has 3 heterocycles. The van der Waals surface area contributed by atoms with E-state index in [-0.39, 0.29) is 43.8 Å². The third-order valence-corrected chi connectivity index (χ3v) is 7.88. The number of hydrogen-bond acceptors (Lipinski definition) is 8.